The van der Waals surface area contributed by atoms with Crippen molar-refractivity contribution in [2.45, 2.75) is 25.1 Å². The van der Waals surface area contributed by atoms with E-state index < -0.39 is 4.32 Å². The van der Waals surface area contributed by atoms with E-state index in [9.17, 15) is 4.79 Å². The van der Waals surface area contributed by atoms with E-state index in [0.29, 0.717) is 0 Å². The minimum atomic E-state index is -0.526. The van der Waals surface area contributed by atoms with Crippen molar-refractivity contribution < 1.29 is 4.79 Å². The smallest absolute Gasteiger partial charge is 0.181 e. The quantitative estimate of drug-likeness (QED) is 0.609. The minimum Gasteiger partial charge on any atom is -0.347 e. The van der Waals surface area contributed by atoms with Crippen LogP contribution >= 0.6 is 15.9 Å². The summed E-state index contributed by atoms with van der Waals surface area (Å²) < 4.78 is 1.54. The van der Waals surface area contributed by atoms with Gasteiger partial charge in [0.2, 0.25) is 0 Å². The van der Waals surface area contributed by atoms with E-state index in [1.54, 1.807) is 0 Å². The maximum Gasteiger partial charge on any atom is 0.181 e. The van der Waals surface area contributed by atoms with Crippen molar-refractivity contribution in [1.29, 1.82) is 0 Å². The number of hydrogen-bond donors (Lipinski definition) is 0. The molecule has 90 valence electrons. The Balaban J connectivity index is 2.78. The third kappa shape index (κ3) is 1.93. The molecular formula is C14H16BrNO. The van der Waals surface area contributed by atoms with E-state index in [-0.39, 0.29) is 5.78 Å². The Kier molecular flexibility index (Phi) is 2.90. The summed E-state index contributed by atoms with van der Waals surface area (Å²) in [5.74, 6) is 0.131. The molecule has 2 nitrogen and oxygen atoms in total. The molecule has 0 saturated carbocycles. The highest BCUT2D eigenvalue weighted by Gasteiger charge is 2.29. The number of Topliss-reactive ketones (excluding diaryl/α,β-unsaturated/α-hetero) is 1. The summed E-state index contributed by atoms with van der Waals surface area (Å²) in [5, 5.41) is 1.03. The van der Waals surface area contributed by atoms with Crippen molar-refractivity contribution in [3.63, 3.8) is 0 Å². The number of benzene rings is 1. The first-order valence-electron chi connectivity index (χ1n) is 5.61. The van der Waals surface area contributed by atoms with Crippen LogP contribution in [0, 0.1) is 6.92 Å². The van der Waals surface area contributed by atoms with Gasteiger partial charge in [-0.05, 0) is 26.8 Å². The predicted molar refractivity (Wildman–Crippen MR) is 75.0 cm³/mol. The fourth-order valence-electron chi connectivity index (χ4n) is 2.10. The molecule has 17 heavy (non-hydrogen) atoms. The minimum absolute atomic E-state index is 0.131. The SMILES string of the molecule is Cc1c(C(=O)C(C)(C)Br)c2ccccc2n1C. The van der Waals surface area contributed by atoms with Gasteiger partial charge in [-0.25, -0.2) is 0 Å². The molecule has 0 spiro atoms. The Morgan fingerprint density at radius 3 is 2.47 bits per heavy atom. The molecule has 0 aliphatic rings. The molecule has 2 rings (SSSR count). The number of aromatic nitrogens is 1. The third-order valence-electron chi connectivity index (χ3n) is 3.17. The van der Waals surface area contributed by atoms with Crippen LogP contribution in [0.5, 0.6) is 0 Å². The standard InChI is InChI=1S/C14H16BrNO/c1-9-12(13(17)14(2,3)15)10-7-5-6-8-11(10)16(9)4/h5-8H,1-4H3. The van der Waals surface area contributed by atoms with Gasteiger partial charge >= 0.3 is 0 Å². The number of halogens is 1. The van der Waals surface area contributed by atoms with Crippen LogP contribution in [0.15, 0.2) is 24.3 Å². The molecule has 0 aliphatic carbocycles. The van der Waals surface area contributed by atoms with Crippen LogP contribution in [-0.2, 0) is 7.05 Å². The van der Waals surface area contributed by atoms with Crippen molar-refractivity contribution >= 4 is 32.6 Å². The monoisotopic (exact) mass is 293 g/mol. The van der Waals surface area contributed by atoms with Crippen LogP contribution in [0.2, 0.25) is 0 Å². The van der Waals surface area contributed by atoms with Gasteiger partial charge in [0.1, 0.15) is 0 Å². The maximum absolute atomic E-state index is 12.5. The molecule has 0 saturated heterocycles. The van der Waals surface area contributed by atoms with Crippen LogP contribution in [0.3, 0.4) is 0 Å². The predicted octanol–water partition coefficient (Wildman–Crippen LogP) is 3.84. The molecule has 0 aliphatic heterocycles. The number of ketones is 1. The Hall–Kier alpha value is -1.09. The average molecular weight is 294 g/mol. The summed E-state index contributed by atoms with van der Waals surface area (Å²) in [7, 11) is 2.00. The molecule has 3 heteroatoms. The number of rotatable bonds is 2. The second-order valence-corrected chi connectivity index (χ2v) is 6.82. The Labute approximate surface area is 110 Å². The normalized spacial score (nSPS) is 12.1. The first-order valence-corrected chi connectivity index (χ1v) is 6.41. The zero-order valence-corrected chi connectivity index (χ0v) is 12.1. The highest BCUT2D eigenvalue weighted by molar-refractivity contribution is 9.10. The lowest BCUT2D eigenvalue weighted by molar-refractivity contribution is 0.0962. The van der Waals surface area contributed by atoms with E-state index in [1.807, 2.05) is 52.1 Å². The molecule has 0 unspecified atom stereocenters. The molecular weight excluding hydrogens is 278 g/mol. The number of fused-ring (bicyclic) bond motifs is 1. The van der Waals surface area contributed by atoms with Crippen LogP contribution in [-0.4, -0.2) is 14.7 Å². The number of nitrogens with zero attached hydrogens (tertiary/aromatic N) is 1. The van der Waals surface area contributed by atoms with Crippen LogP contribution in [0.4, 0.5) is 0 Å². The summed E-state index contributed by atoms with van der Waals surface area (Å²) in [4.78, 5) is 12.5. The highest BCUT2D eigenvalue weighted by atomic mass is 79.9. The second kappa shape index (κ2) is 3.98. The first-order chi connectivity index (χ1) is 7.84. The van der Waals surface area contributed by atoms with Gasteiger partial charge in [-0.15, -0.1) is 0 Å². The number of hydrogen-bond acceptors (Lipinski definition) is 1. The molecule has 0 radical (unpaired) electrons. The number of carbonyl (C=O) groups excluding carboxylic acids is 1. The Morgan fingerprint density at radius 2 is 1.88 bits per heavy atom. The third-order valence-corrected chi connectivity index (χ3v) is 3.53. The van der Waals surface area contributed by atoms with Crippen molar-refractivity contribution in [2.24, 2.45) is 7.05 Å². The van der Waals surface area contributed by atoms with E-state index in [1.165, 1.54) is 0 Å². The lowest BCUT2D eigenvalue weighted by atomic mass is 9.98. The fourth-order valence-corrected chi connectivity index (χ4v) is 2.30. The maximum atomic E-state index is 12.5. The van der Waals surface area contributed by atoms with Gasteiger partial charge in [0.25, 0.3) is 0 Å². The summed E-state index contributed by atoms with van der Waals surface area (Å²) in [5.41, 5.74) is 2.94. The van der Waals surface area contributed by atoms with Gasteiger partial charge < -0.3 is 4.57 Å². The summed E-state index contributed by atoms with van der Waals surface area (Å²) >= 11 is 3.45. The zero-order valence-electron chi connectivity index (χ0n) is 10.5. The van der Waals surface area contributed by atoms with Crippen LogP contribution in [0.25, 0.3) is 10.9 Å². The Bertz CT molecular complexity index is 590. The summed E-state index contributed by atoms with van der Waals surface area (Å²) in [6, 6.07) is 8.02. The molecule has 1 heterocycles. The van der Waals surface area contributed by atoms with E-state index >= 15 is 0 Å². The number of carbonyl (C=O) groups is 1. The lowest BCUT2D eigenvalue weighted by Crippen LogP contribution is -2.24. The molecule has 0 N–H and O–H groups in total. The Morgan fingerprint density at radius 1 is 1.29 bits per heavy atom. The van der Waals surface area contributed by atoms with Gasteiger partial charge in [0.15, 0.2) is 5.78 Å². The van der Waals surface area contributed by atoms with Crippen LogP contribution < -0.4 is 0 Å². The molecule has 0 atom stereocenters. The average Bonchev–Trinajstić information content (AvgIpc) is 2.51. The van der Waals surface area contributed by atoms with E-state index in [2.05, 4.69) is 20.5 Å². The fraction of sp³-hybridized carbons (Fsp3) is 0.357. The van der Waals surface area contributed by atoms with Crippen molar-refractivity contribution in [3.8, 4) is 0 Å². The lowest BCUT2D eigenvalue weighted by Gasteiger charge is -2.14. The van der Waals surface area contributed by atoms with E-state index in [0.717, 1.165) is 22.2 Å². The van der Waals surface area contributed by atoms with Crippen LogP contribution in [0.1, 0.15) is 29.9 Å². The van der Waals surface area contributed by atoms with Crippen molar-refractivity contribution in [3.05, 3.63) is 35.5 Å². The molecule has 0 fully saturated rings. The highest BCUT2D eigenvalue weighted by Crippen LogP contribution is 2.31. The number of aryl methyl sites for hydroxylation is 1. The topological polar surface area (TPSA) is 22.0 Å². The van der Waals surface area contributed by atoms with Gasteiger partial charge in [0, 0.05) is 29.2 Å². The zero-order chi connectivity index (χ0) is 12.8. The first kappa shape index (κ1) is 12.4. The molecule has 0 bridgehead atoms. The van der Waals surface area contributed by atoms with E-state index in [4.69, 9.17) is 0 Å². The van der Waals surface area contributed by atoms with Crippen molar-refractivity contribution in [1.82, 2.24) is 4.57 Å². The molecule has 1 aromatic carbocycles. The van der Waals surface area contributed by atoms with Gasteiger partial charge in [-0.2, -0.15) is 0 Å². The molecule has 0 amide bonds. The molecule has 1 aromatic heterocycles. The number of para-hydroxylation sites is 1. The largest absolute Gasteiger partial charge is 0.347 e. The van der Waals surface area contributed by atoms with Gasteiger partial charge in [-0.3, -0.25) is 4.79 Å². The molecule has 2 aromatic rings. The summed E-state index contributed by atoms with van der Waals surface area (Å²) in [6.45, 7) is 5.76. The second-order valence-electron chi connectivity index (χ2n) is 4.84. The summed E-state index contributed by atoms with van der Waals surface area (Å²) in [6.07, 6.45) is 0. The van der Waals surface area contributed by atoms with Gasteiger partial charge in [0.05, 0.1) is 4.32 Å². The van der Waals surface area contributed by atoms with Gasteiger partial charge in [-0.1, -0.05) is 34.1 Å². The van der Waals surface area contributed by atoms with Crippen molar-refractivity contribution in [2.75, 3.05) is 0 Å². The number of alkyl halides is 1.